The van der Waals surface area contributed by atoms with Crippen molar-refractivity contribution < 1.29 is 1.43 Å². The van der Waals surface area contributed by atoms with Crippen LogP contribution >= 0.6 is 0 Å². The lowest BCUT2D eigenvalue weighted by atomic mass is 10.2. The van der Waals surface area contributed by atoms with Gasteiger partial charge in [0.1, 0.15) is 0 Å². The largest absolute Gasteiger partial charge is 1.00 e. The fourth-order valence-electron chi connectivity index (χ4n) is 0.736. The van der Waals surface area contributed by atoms with Crippen LogP contribution in [0.4, 0.5) is 0 Å². The zero-order valence-electron chi connectivity index (χ0n) is 6.23. The summed E-state index contributed by atoms with van der Waals surface area (Å²) in [6, 6.07) is 9.18. The van der Waals surface area contributed by atoms with Crippen molar-refractivity contribution in [2.45, 2.75) is 13.8 Å². The molecule has 0 amide bonds. The summed E-state index contributed by atoms with van der Waals surface area (Å²) in [5.41, 5.74) is 2.52. The van der Waals surface area contributed by atoms with E-state index in [2.05, 4.69) is 19.1 Å². The zero-order chi connectivity index (χ0) is 5.98. The number of aryl methyl sites for hydroxylation is 2. The Morgan fingerprint density at radius 3 is 2.62 bits per heavy atom. The monoisotopic (exact) mass is 106 g/mol. The van der Waals surface area contributed by atoms with E-state index in [4.69, 9.17) is 0 Å². The highest BCUT2D eigenvalue weighted by atomic mass is 13.9. The molecule has 0 heterocycles. The van der Waals surface area contributed by atoms with E-state index in [0.717, 1.165) is 0 Å². The Morgan fingerprint density at radius 2 is 2.25 bits per heavy atom. The van der Waals surface area contributed by atoms with Gasteiger partial charge in [-0.3, -0.25) is 0 Å². The highest BCUT2D eigenvalue weighted by Gasteiger charge is 1.81. The van der Waals surface area contributed by atoms with Crippen molar-refractivity contribution in [3.05, 3.63) is 35.4 Å². The van der Waals surface area contributed by atoms with E-state index in [1.807, 2.05) is 19.1 Å². The second-order valence-electron chi connectivity index (χ2n) is 2.05. The van der Waals surface area contributed by atoms with Gasteiger partial charge in [0, 0.05) is 0 Å². The van der Waals surface area contributed by atoms with Gasteiger partial charge >= 0.3 is 1.43 Å². The predicted molar refractivity (Wildman–Crippen MR) is 35.9 cm³/mol. The third-order valence-corrected chi connectivity index (χ3v) is 1.10. The van der Waals surface area contributed by atoms with Gasteiger partial charge in [0.15, 0.2) is 0 Å². The Bertz CT molecular complexity index is 164. The summed E-state index contributed by atoms with van der Waals surface area (Å²) in [7, 11) is 0. The van der Waals surface area contributed by atoms with E-state index in [1.54, 1.807) is 0 Å². The molecule has 41 valence electrons. The maximum absolute atomic E-state index is 3.07. The second kappa shape index (κ2) is 1.99. The second-order valence-corrected chi connectivity index (χ2v) is 2.05. The SMILES string of the molecule is Cc1[c]ccc(C)c1.[H+]. The van der Waals surface area contributed by atoms with E-state index < -0.39 is 0 Å². The van der Waals surface area contributed by atoms with E-state index in [-0.39, 0.29) is 1.43 Å². The van der Waals surface area contributed by atoms with Crippen molar-refractivity contribution in [2.24, 2.45) is 0 Å². The molecule has 0 nitrogen and oxygen atoms in total. The van der Waals surface area contributed by atoms with Crippen LogP contribution < -0.4 is 0 Å². The maximum Gasteiger partial charge on any atom is 1.00 e. The molecule has 0 aliphatic rings. The molecule has 8 heavy (non-hydrogen) atoms. The molecule has 0 aliphatic heterocycles. The van der Waals surface area contributed by atoms with Crippen molar-refractivity contribution in [1.29, 1.82) is 0 Å². The van der Waals surface area contributed by atoms with E-state index >= 15 is 0 Å². The lowest BCUT2D eigenvalue weighted by molar-refractivity contribution is 1.38. The molecule has 0 saturated heterocycles. The zero-order valence-corrected chi connectivity index (χ0v) is 5.23. The van der Waals surface area contributed by atoms with E-state index in [1.165, 1.54) is 11.1 Å². The molecule has 0 fully saturated rings. The first kappa shape index (κ1) is 5.36. The van der Waals surface area contributed by atoms with Crippen LogP contribution in [0, 0.1) is 19.9 Å². The molecule has 0 heteroatoms. The summed E-state index contributed by atoms with van der Waals surface area (Å²) in [5, 5.41) is 0. The fraction of sp³-hybridized carbons (Fsp3) is 0.250. The van der Waals surface area contributed by atoms with Crippen LogP contribution in [0.15, 0.2) is 18.2 Å². The van der Waals surface area contributed by atoms with Crippen LogP contribution in [-0.2, 0) is 0 Å². The molecule has 0 unspecified atom stereocenters. The molecule has 0 atom stereocenters. The van der Waals surface area contributed by atoms with Crippen LogP contribution in [0.1, 0.15) is 12.6 Å². The van der Waals surface area contributed by atoms with Gasteiger partial charge < -0.3 is 0 Å². The highest BCUT2D eigenvalue weighted by Crippen LogP contribution is 1.99. The summed E-state index contributed by atoms with van der Waals surface area (Å²) in [6.45, 7) is 4.13. The molecule has 1 aromatic carbocycles. The third kappa shape index (κ3) is 1.09. The minimum absolute atomic E-state index is 0. The Kier molecular flexibility index (Phi) is 1.34. The number of benzene rings is 1. The van der Waals surface area contributed by atoms with Crippen molar-refractivity contribution in [1.82, 2.24) is 0 Å². The van der Waals surface area contributed by atoms with Gasteiger partial charge in [-0.05, 0) is 25.5 Å². The van der Waals surface area contributed by atoms with Gasteiger partial charge in [-0.25, -0.2) is 0 Å². The molecule has 0 spiro atoms. The Labute approximate surface area is 51.6 Å². The lowest BCUT2D eigenvalue weighted by Crippen LogP contribution is -1.72. The molecule has 1 rings (SSSR count). The van der Waals surface area contributed by atoms with Gasteiger partial charge in [0.05, 0.1) is 0 Å². The van der Waals surface area contributed by atoms with E-state index in [9.17, 15) is 0 Å². The minimum atomic E-state index is 0. The first-order valence-corrected chi connectivity index (χ1v) is 2.74. The van der Waals surface area contributed by atoms with Gasteiger partial charge in [0.25, 0.3) is 0 Å². The summed E-state index contributed by atoms with van der Waals surface area (Å²) in [5.74, 6) is 0. The molecule has 0 bridgehead atoms. The molecule has 0 N–H and O–H groups in total. The summed E-state index contributed by atoms with van der Waals surface area (Å²) in [6.07, 6.45) is 0. The molecule has 0 saturated carbocycles. The number of rotatable bonds is 0. The van der Waals surface area contributed by atoms with Crippen LogP contribution in [0.2, 0.25) is 0 Å². The molecular formula is C8H10+. The number of hydrogen-bond donors (Lipinski definition) is 0. The van der Waals surface area contributed by atoms with Gasteiger partial charge in [-0.2, -0.15) is 0 Å². The Morgan fingerprint density at radius 1 is 1.50 bits per heavy atom. The average Bonchev–Trinajstić information content (AvgIpc) is 1.64. The normalized spacial score (nSPS) is 9.25. The summed E-state index contributed by atoms with van der Waals surface area (Å²) in [4.78, 5) is 0. The summed E-state index contributed by atoms with van der Waals surface area (Å²) >= 11 is 0. The maximum atomic E-state index is 3.07. The molecule has 0 aromatic heterocycles. The molecule has 1 aromatic rings. The van der Waals surface area contributed by atoms with Gasteiger partial charge in [-0.1, -0.05) is 23.8 Å². The van der Waals surface area contributed by atoms with Crippen molar-refractivity contribution in [2.75, 3.05) is 0 Å². The molecule has 0 aliphatic carbocycles. The van der Waals surface area contributed by atoms with E-state index in [0.29, 0.717) is 0 Å². The van der Waals surface area contributed by atoms with Crippen LogP contribution in [-0.4, -0.2) is 0 Å². The first-order valence-electron chi connectivity index (χ1n) is 2.74. The van der Waals surface area contributed by atoms with Crippen molar-refractivity contribution in [3.63, 3.8) is 0 Å². The molecular weight excluding hydrogens is 96.1 g/mol. The molecule has 1 radical (unpaired) electrons. The van der Waals surface area contributed by atoms with Crippen molar-refractivity contribution in [3.8, 4) is 0 Å². The quantitative estimate of drug-likeness (QED) is 0.475. The first-order chi connectivity index (χ1) is 3.79. The lowest BCUT2D eigenvalue weighted by Gasteiger charge is -1.90. The van der Waals surface area contributed by atoms with Crippen LogP contribution in [0.25, 0.3) is 0 Å². The third-order valence-electron chi connectivity index (χ3n) is 1.10. The predicted octanol–water partition coefficient (Wildman–Crippen LogP) is 2.22. The van der Waals surface area contributed by atoms with Gasteiger partial charge in [-0.15, -0.1) is 0 Å². The smallest absolute Gasteiger partial charge is 0.0587 e. The Hall–Kier alpha value is -0.780. The van der Waals surface area contributed by atoms with Crippen molar-refractivity contribution >= 4 is 0 Å². The van der Waals surface area contributed by atoms with Crippen LogP contribution in [0.3, 0.4) is 0 Å². The number of hydrogen-bond acceptors (Lipinski definition) is 0. The Balaban J connectivity index is 0.000000640. The standard InChI is InChI=1S/C8H9/c1-7-4-3-5-8(2)6-7/h3-4,6H,1-2H3/p+1. The van der Waals surface area contributed by atoms with Crippen LogP contribution in [0.5, 0.6) is 0 Å². The summed E-state index contributed by atoms with van der Waals surface area (Å²) < 4.78 is 0. The average molecular weight is 106 g/mol. The van der Waals surface area contributed by atoms with Gasteiger partial charge in [0.2, 0.25) is 0 Å². The highest BCUT2D eigenvalue weighted by molar-refractivity contribution is 5.19. The fourth-order valence-corrected chi connectivity index (χ4v) is 0.736. The topological polar surface area (TPSA) is 0 Å². The minimum Gasteiger partial charge on any atom is -0.0587 e.